The third-order valence-electron chi connectivity index (χ3n) is 2.72. The molecule has 1 aromatic carbocycles. The van der Waals surface area contributed by atoms with Crippen molar-refractivity contribution in [2.24, 2.45) is 0 Å². The summed E-state index contributed by atoms with van der Waals surface area (Å²) in [6.45, 7) is 0.0201. The molecule has 0 bridgehead atoms. The Morgan fingerprint density at radius 2 is 1.54 bits per heavy atom. The molecule has 130 valence electrons. The molecular weight excluding hydrogens is 334 g/mol. The Labute approximate surface area is 143 Å². The first kappa shape index (κ1) is 19.5. The zero-order chi connectivity index (χ0) is 17.8. The molecule has 0 aliphatic carbocycles. The van der Waals surface area contributed by atoms with E-state index in [1.54, 1.807) is 0 Å². The minimum atomic E-state index is -1.65. The number of carboxylic acid groups (broad SMARTS) is 1. The molecule has 0 atom stereocenters. The quantitative estimate of drug-likeness (QED) is 0.345. The van der Waals surface area contributed by atoms with Gasteiger partial charge in [-0.15, -0.1) is 11.8 Å². The Morgan fingerprint density at radius 1 is 0.917 bits per heavy atom. The molecule has 0 heterocycles. The molecule has 1 rings (SSSR count). The first-order valence-electron chi connectivity index (χ1n) is 7.15. The van der Waals surface area contributed by atoms with Gasteiger partial charge >= 0.3 is 11.9 Å². The van der Waals surface area contributed by atoms with Crippen molar-refractivity contribution < 1.29 is 24.3 Å². The number of amides is 3. The van der Waals surface area contributed by atoms with Crippen LogP contribution in [0.4, 0.5) is 0 Å². The maximum absolute atomic E-state index is 11.6. The van der Waals surface area contributed by atoms with Crippen LogP contribution in [0.5, 0.6) is 0 Å². The van der Waals surface area contributed by atoms with Gasteiger partial charge in [-0.3, -0.25) is 14.4 Å². The average molecular weight is 353 g/mol. The molecule has 3 amide bonds. The van der Waals surface area contributed by atoms with Crippen LogP contribution in [0, 0.1) is 0 Å². The molecule has 8 nitrogen and oxygen atoms in total. The molecule has 0 spiro atoms. The van der Waals surface area contributed by atoms with Crippen molar-refractivity contribution in [2.75, 3.05) is 25.4 Å². The smallest absolute Gasteiger partial charge is 0.394 e. The fraction of sp³-hybridized carbons (Fsp3) is 0.333. The van der Waals surface area contributed by atoms with Crippen LogP contribution in [0.15, 0.2) is 30.3 Å². The molecule has 0 unspecified atom stereocenters. The highest BCUT2D eigenvalue weighted by molar-refractivity contribution is 7.99. The molecule has 0 aliphatic rings. The fourth-order valence-electron chi connectivity index (χ4n) is 1.59. The lowest BCUT2D eigenvalue weighted by atomic mass is 10.2. The van der Waals surface area contributed by atoms with E-state index >= 15 is 0 Å². The first-order chi connectivity index (χ1) is 11.5. The third kappa shape index (κ3) is 8.79. The van der Waals surface area contributed by atoms with Gasteiger partial charge in [0.15, 0.2) is 0 Å². The Kier molecular flexibility index (Phi) is 8.98. The predicted molar refractivity (Wildman–Crippen MR) is 89.3 cm³/mol. The number of nitrogens with one attached hydrogen (secondary N) is 3. The van der Waals surface area contributed by atoms with Gasteiger partial charge in [0.1, 0.15) is 0 Å². The summed E-state index contributed by atoms with van der Waals surface area (Å²) in [5.74, 6) is -2.50. The van der Waals surface area contributed by atoms with E-state index < -0.39 is 24.3 Å². The van der Waals surface area contributed by atoms with Crippen molar-refractivity contribution in [3.05, 3.63) is 35.9 Å². The van der Waals surface area contributed by atoms with E-state index in [-0.39, 0.29) is 19.0 Å². The molecule has 24 heavy (non-hydrogen) atoms. The van der Waals surface area contributed by atoms with Crippen LogP contribution in [0.2, 0.25) is 0 Å². The van der Waals surface area contributed by atoms with Crippen molar-refractivity contribution in [1.29, 1.82) is 0 Å². The summed E-state index contributed by atoms with van der Waals surface area (Å²) in [6, 6.07) is 9.80. The second-order valence-corrected chi connectivity index (χ2v) is 5.65. The Balaban J connectivity index is 2.03. The van der Waals surface area contributed by atoms with Gasteiger partial charge in [0.2, 0.25) is 11.8 Å². The highest BCUT2D eigenvalue weighted by atomic mass is 32.2. The molecule has 0 aliphatic heterocycles. The topological polar surface area (TPSA) is 125 Å². The van der Waals surface area contributed by atoms with Crippen LogP contribution in [-0.2, 0) is 24.9 Å². The lowest BCUT2D eigenvalue weighted by Crippen LogP contribution is -2.42. The van der Waals surface area contributed by atoms with Crippen molar-refractivity contribution in [2.45, 2.75) is 5.75 Å². The highest BCUT2D eigenvalue weighted by Crippen LogP contribution is 2.10. The molecule has 9 heteroatoms. The maximum Gasteiger partial charge on any atom is 0.394 e. The van der Waals surface area contributed by atoms with Gasteiger partial charge < -0.3 is 21.1 Å². The van der Waals surface area contributed by atoms with E-state index in [1.165, 1.54) is 11.8 Å². The van der Waals surface area contributed by atoms with Gasteiger partial charge in [0, 0.05) is 18.8 Å². The number of benzene rings is 1. The molecule has 0 saturated carbocycles. The maximum atomic E-state index is 11.6. The van der Waals surface area contributed by atoms with Gasteiger partial charge in [0.25, 0.3) is 0 Å². The summed E-state index contributed by atoms with van der Waals surface area (Å²) in [4.78, 5) is 43.9. The van der Waals surface area contributed by atoms with Crippen LogP contribution in [0.3, 0.4) is 0 Å². The second kappa shape index (κ2) is 11.1. The average Bonchev–Trinajstić information content (AvgIpc) is 2.57. The number of thioether (sulfide) groups is 1. The van der Waals surface area contributed by atoms with Crippen LogP contribution >= 0.6 is 11.8 Å². The van der Waals surface area contributed by atoms with Crippen LogP contribution in [0.25, 0.3) is 0 Å². The standard InChI is InChI=1S/C15H19N3O5S/c19-12(8-18-14(21)15(22)23)16-6-7-17-13(20)10-24-9-11-4-2-1-3-5-11/h1-5H,6-10H2,(H,16,19)(H,17,20)(H,18,21)(H,22,23). The van der Waals surface area contributed by atoms with Crippen LogP contribution < -0.4 is 16.0 Å². The number of hydrogen-bond donors (Lipinski definition) is 4. The number of carbonyl (C=O) groups is 4. The normalized spacial score (nSPS) is 9.83. The van der Waals surface area contributed by atoms with E-state index in [0.717, 1.165) is 11.3 Å². The monoisotopic (exact) mass is 353 g/mol. The lowest BCUT2D eigenvalue weighted by molar-refractivity contribution is -0.150. The first-order valence-corrected chi connectivity index (χ1v) is 8.30. The van der Waals surface area contributed by atoms with Crippen LogP contribution in [-0.4, -0.2) is 54.2 Å². The summed E-state index contributed by atoms with van der Waals surface area (Å²) < 4.78 is 0. The zero-order valence-electron chi connectivity index (χ0n) is 12.9. The molecule has 4 N–H and O–H groups in total. The Bertz CT molecular complexity index is 580. The predicted octanol–water partition coefficient (Wildman–Crippen LogP) is -0.647. The molecule has 0 fully saturated rings. The molecule has 0 saturated heterocycles. The minimum Gasteiger partial charge on any atom is -0.474 e. The number of carbonyl (C=O) groups excluding carboxylic acids is 3. The van der Waals surface area contributed by atoms with Gasteiger partial charge in [-0.2, -0.15) is 0 Å². The number of hydrogen-bond acceptors (Lipinski definition) is 5. The second-order valence-electron chi connectivity index (χ2n) is 4.67. The number of rotatable bonds is 9. The van der Waals surface area contributed by atoms with E-state index in [9.17, 15) is 19.2 Å². The van der Waals surface area contributed by atoms with Gasteiger partial charge in [-0.05, 0) is 5.56 Å². The molecule has 0 radical (unpaired) electrons. The summed E-state index contributed by atoms with van der Waals surface area (Å²) in [7, 11) is 0. The lowest BCUT2D eigenvalue weighted by Gasteiger charge is -2.07. The van der Waals surface area contributed by atoms with Crippen molar-refractivity contribution in [1.82, 2.24) is 16.0 Å². The summed E-state index contributed by atoms with van der Waals surface area (Å²) >= 11 is 1.49. The number of carboxylic acids is 1. The summed E-state index contributed by atoms with van der Waals surface area (Å²) in [5, 5.41) is 15.4. The number of aliphatic carboxylic acids is 1. The zero-order valence-corrected chi connectivity index (χ0v) is 13.7. The summed E-state index contributed by atoms with van der Waals surface area (Å²) in [5.41, 5.74) is 1.14. The van der Waals surface area contributed by atoms with E-state index in [0.29, 0.717) is 5.75 Å². The van der Waals surface area contributed by atoms with E-state index in [4.69, 9.17) is 5.11 Å². The Hall–Kier alpha value is -2.55. The minimum absolute atomic E-state index is 0.135. The van der Waals surface area contributed by atoms with E-state index in [2.05, 4.69) is 10.6 Å². The SMILES string of the molecule is O=C(CNC(=O)C(=O)O)NCCNC(=O)CSCc1ccccc1. The Morgan fingerprint density at radius 3 is 2.17 bits per heavy atom. The van der Waals surface area contributed by atoms with Crippen molar-refractivity contribution >= 4 is 35.5 Å². The van der Waals surface area contributed by atoms with Gasteiger partial charge in [-0.25, -0.2) is 4.79 Å². The van der Waals surface area contributed by atoms with Crippen molar-refractivity contribution in [3.8, 4) is 0 Å². The van der Waals surface area contributed by atoms with Crippen molar-refractivity contribution in [3.63, 3.8) is 0 Å². The fourth-order valence-corrected chi connectivity index (χ4v) is 2.41. The van der Waals surface area contributed by atoms with Gasteiger partial charge in [0.05, 0.1) is 12.3 Å². The van der Waals surface area contributed by atoms with Gasteiger partial charge in [-0.1, -0.05) is 30.3 Å². The van der Waals surface area contributed by atoms with E-state index in [1.807, 2.05) is 35.6 Å². The third-order valence-corrected chi connectivity index (χ3v) is 3.72. The van der Waals surface area contributed by atoms with Crippen LogP contribution in [0.1, 0.15) is 5.56 Å². The molecule has 1 aromatic rings. The highest BCUT2D eigenvalue weighted by Gasteiger charge is 2.11. The molecule has 0 aromatic heterocycles. The summed E-state index contributed by atoms with van der Waals surface area (Å²) in [6.07, 6.45) is 0. The largest absolute Gasteiger partial charge is 0.474 e. The molecular formula is C15H19N3O5S.